The second-order valence-electron chi connectivity index (χ2n) is 5.73. The number of nitrogens with zero attached hydrogens (tertiary/aromatic N) is 1. The number of rotatable bonds is 6. The minimum atomic E-state index is -0.319. The van der Waals surface area contributed by atoms with Crippen molar-refractivity contribution < 1.29 is 9.53 Å². The first-order valence-corrected chi connectivity index (χ1v) is 9.08. The molecule has 0 radical (unpaired) electrons. The van der Waals surface area contributed by atoms with E-state index in [0.29, 0.717) is 22.8 Å². The van der Waals surface area contributed by atoms with Gasteiger partial charge in [-0.1, -0.05) is 42.1 Å². The molecule has 3 rings (SSSR count). The van der Waals surface area contributed by atoms with Gasteiger partial charge in [0.25, 0.3) is 5.56 Å². The number of hydrogen-bond donors (Lipinski definition) is 3. The van der Waals surface area contributed by atoms with Gasteiger partial charge in [0.15, 0.2) is 5.16 Å². The number of nitrogens with one attached hydrogen (secondary N) is 2. The van der Waals surface area contributed by atoms with Crippen molar-refractivity contribution in [2.45, 2.75) is 24.1 Å². The van der Waals surface area contributed by atoms with Crippen molar-refractivity contribution in [3.05, 3.63) is 40.7 Å². The minimum Gasteiger partial charge on any atom is -0.383 e. The van der Waals surface area contributed by atoms with Crippen molar-refractivity contribution in [3.63, 3.8) is 0 Å². The molecule has 1 amide bonds. The number of thioether (sulfide) groups is 1. The predicted molar refractivity (Wildman–Crippen MR) is 97.4 cm³/mol. The molecule has 1 fully saturated rings. The van der Waals surface area contributed by atoms with Crippen LogP contribution in [0.3, 0.4) is 0 Å². The fraction of sp³-hybridized carbons (Fsp3) is 0.353. The number of hydrogen-bond acceptors (Lipinski definition) is 6. The quantitative estimate of drug-likeness (QED) is 0.531. The fourth-order valence-electron chi connectivity index (χ4n) is 2.64. The number of aromatic nitrogens is 2. The van der Waals surface area contributed by atoms with E-state index < -0.39 is 0 Å². The molecule has 1 unspecified atom stereocenters. The maximum absolute atomic E-state index is 12.3. The normalized spacial score (nSPS) is 16.7. The van der Waals surface area contributed by atoms with E-state index in [2.05, 4.69) is 15.3 Å². The van der Waals surface area contributed by atoms with Gasteiger partial charge in [0.2, 0.25) is 5.91 Å². The summed E-state index contributed by atoms with van der Waals surface area (Å²) in [6, 6.07) is 9.12. The van der Waals surface area contributed by atoms with E-state index in [9.17, 15) is 9.59 Å². The van der Waals surface area contributed by atoms with E-state index in [1.807, 2.05) is 18.2 Å². The molecule has 1 aliphatic rings. The van der Waals surface area contributed by atoms with Gasteiger partial charge in [-0.2, -0.15) is 0 Å². The second-order valence-corrected chi connectivity index (χ2v) is 6.69. The molecule has 1 aliphatic heterocycles. The molecular formula is C17H20N4O3S. The third kappa shape index (κ3) is 4.61. The zero-order chi connectivity index (χ0) is 17.6. The standard InChI is InChI=1S/C17H20N4O3S/c18-15-14(11-5-2-1-3-6-11)16(23)21-17(20-15)25-10-13(22)19-9-12-7-4-8-24-12/h1-3,5-6,12H,4,7-10H2,(H,19,22)(H3,18,20,21,23). The highest BCUT2D eigenvalue weighted by Crippen LogP contribution is 2.22. The summed E-state index contributed by atoms with van der Waals surface area (Å²) in [6.45, 7) is 1.27. The number of ether oxygens (including phenoxy) is 1. The van der Waals surface area contributed by atoms with Crippen LogP contribution in [0.15, 0.2) is 40.3 Å². The molecule has 4 N–H and O–H groups in total. The van der Waals surface area contributed by atoms with E-state index in [1.165, 1.54) is 0 Å². The molecule has 0 saturated carbocycles. The van der Waals surface area contributed by atoms with E-state index in [0.717, 1.165) is 31.2 Å². The number of amides is 1. The minimum absolute atomic E-state index is 0.104. The van der Waals surface area contributed by atoms with Crippen LogP contribution in [0.5, 0.6) is 0 Å². The monoisotopic (exact) mass is 360 g/mol. The summed E-state index contributed by atoms with van der Waals surface area (Å²) in [6.07, 6.45) is 2.11. The Morgan fingerprint density at radius 1 is 1.40 bits per heavy atom. The first-order chi connectivity index (χ1) is 12.1. The van der Waals surface area contributed by atoms with Gasteiger partial charge >= 0.3 is 0 Å². The van der Waals surface area contributed by atoms with Crippen LogP contribution >= 0.6 is 11.8 Å². The van der Waals surface area contributed by atoms with Gasteiger partial charge in [-0.05, 0) is 18.4 Å². The molecule has 0 spiro atoms. The van der Waals surface area contributed by atoms with Gasteiger partial charge in [0, 0.05) is 13.2 Å². The lowest BCUT2D eigenvalue weighted by Gasteiger charge is -2.10. The van der Waals surface area contributed by atoms with Crippen molar-refractivity contribution >= 4 is 23.5 Å². The summed E-state index contributed by atoms with van der Waals surface area (Å²) in [5.41, 5.74) is 6.67. The summed E-state index contributed by atoms with van der Waals surface area (Å²) in [4.78, 5) is 31.1. The maximum Gasteiger partial charge on any atom is 0.261 e. The molecule has 2 heterocycles. The van der Waals surface area contributed by atoms with Crippen LogP contribution in [0, 0.1) is 0 Å². The number of aromatic amines is 1. The third-order valence-electron chi connectivity index (χ3n) is 3.88. The molecule has 1 atom stereocenters. The zero-order valence-electron chi connectivity index (χ0n) is 13.7. The van der Waals surface area contributed by atoms with Crippen molar-refractivity contribution in [2.24, 2.45) is 0 Å². The molecule has 1 aromatic carbocycles. The predicted octanol–water partition coefficient (Wildman–Crippen LogP) is 1.41. The first-order valence-electron chi connectivity index (χ1n) is 8.10. The highest BCUT2D eigenvalue weighted by atomic mass is 32.2. The molecule has 2 aromatic rings. The summed E-state index contributed by atoms with van der Waals surface area (Å²) >= 11 is 1.14. The lowest BCUT2D eigenvalue weighted by Crippen LogP contribution is -2.33. The number of carbonyl (C=O) groups is 1. The average molecular weight is 360 g/mol. The van der Waals surface area contributed by atoms with Crippen LogP contribution in [-0.4, -0.2) is 40.9 Å². The smallest absolute Gasteiger partial charge is 0.261 e. The van der Waals surface area contributed by atoms with Crippen LogP contribution in [-0.2, 0) is 9.53 Å². The SMILES string of the molecule is Nc1nc(SCC(=O)NCC2CCCO2)[nH]c(=O)c1-c1ccccc1. The molecule has 0 bridgehead atoms. The Balaban J connectivity index is 1.60. The lowest BCUT2D eigenvalue weighted by molar-refractivity contribution is -0.119. The van der Waals surface area contributed by atoms with Gasteiger partial charge < -0.3 is 20.8 Å². The molecule has 132 valence electrons. The summed E-state index contributed by atoms with van der Waals surface area (Å²) < 4.78 is 5.45. The van der Waals surface area contributed by atoms with Crippen LogP contribution in [0.2, 0.25) is 0 Å². The largest absolute Gasteiger partial charge is 0.383 e. The highest BCUT2D eigenvalue weighted by Gasteiger charge is 2.17. The number of anilines is 1. The van der Waals surface area contributed by atoms with Gasteiger partial charge in [-0.3, -0.25) is 9.59 Å². The molecule has 0 aliphatic carbocycles. The Bertz CT molecular complexity index is 788. The van der Waals surface area contributed by atoms with E-state index in [4.69, 9.17) is 10.5 Å². The zero-order valence-corrected chi connectivity index (χ0v) is 14.5. The summed E-state index contributed by atoms with van der Waals surface area (Å²) in [5.74, 6) is 0.172. The summed E-state index contributed by atoms with van der Waals surface area (Å²) in [7, 11) is 0. The Morgan fingerprint density at radius 2 is 2.20 bits per heavy atom. The lowest BCUT2D eigenvalue weighted by atomic mass is 10.1. The van der Waals surface area contributed by atoms with Crippen LogP contribution in [0.1, 0.15) is 12.8 Å². The van der Waals surface area contributed by atoms with E-state index >= 15 is 0 Å². The van der Waals surface area contributed by atoms with Crippen LogP contribution in [0.25, 0.3) is 11.1 Å². The Morgan fingerprint density at radius 3 is 2.88 bits per heavy atom. The van der Waals surface area contributed by atoms with Gasteiger partial charge in [0.05, 0.1) is 17.4 Å². The Hall–Kier alpha value is -2.32. The topological polar surface area (TPSA) is 110 Å². The molecule has 7 nitrogen and oxygen atoms in total. The van der Waals surface area contributed by atoms with E-state index in [-0.39, 0.29) is 29.1 Å². The molecule has 1 saturated heterocycles. The highest BCUT2D eigenvalue weighted by molar-refractivity contribution is 7.99. The van der Waals surface area contributed by atoms with Gasteiger partial charge in [0.1, 0.15) is 5.82 Å². The number of H-pyrrole nitrogens is 1. The van der Waals surface area contributed by atoms with Crippen molar-refractivity contribution in [1.82, 2.24) is 15.3 Å². The first kappa shape index (κ1) is 17.5. The average Bonchev–Trinajstić information content (AvgIpc) is 3.12. The molecule has 25 heavy (non-hydrogen) atoms. The Kier molecular flexibility index (Phi) is 5.72. The summed E-state index contributed by atoms with van der Waals surface area (Å²) in [5, 5.41) is 3.15. The maximum atomic E-state index is 12.3. The number of nitrogens with two attached hydrogens (primary N) is 1. The van der Waals surface area contributed by atoms with Crippen molar-refractivity contribution in [3.8, 4) is 11.1 Å². The molecule has 1 aromatic heterocycles. The van der Waals surface area contributed by atoms with E-state index in [1.54, 1.807) is 12.1 Å². The van der Waals surface area contributed by atoms with Gasteiger partial charge in [-0.25, -0.2) is 4.98 Å². The second kappa shape index (κ2) is 8.17. The van der Waals surface area contributed by atoms with Crippen LogP contribution < -0.4 is 16.6 Å². The third-order valence-corrected chi connectivity index (χ3v) is 4.75. The number of nitrogen functional groups attached to an aromatic ring is 1. The molecule has 8 heteroatoms. The van der Waals surface area contributed by atoms with Crippen molar-refractivity contribution in [1.29, 1.82) is 0 Å². The van der Waals surface area contributed by atoms with Crippen LogP contribution in [0.4, 0.5) is 5.82 Å². The number of benzene rings is 1. The van der Waals surface area contributed by atoms with Gasteiger partial charge in [-0.15, -0.1) is 0 Å². The fourth-order valence-corrected chi connectivity index (χ4v) is 3.34. The van der Waals surface area contributed by atoms with Crippen molar-refractivity contribution in [2.75, 3.05) is 24.6 Å². The molecular weight excluding hydrogens is 340 g/mol. The Labute approximate surface area is 149 Å². The number of carbonyl (C=O) groups excluding carboxylic acids is 1.